The van der Waals surface area contributed by atoms with Crippen LogP contribution in [0.2, 0.25) is 0 Å². The molecule has 1 aliphatic heterocycles. The van der Waals surface area contributed by atoms with Crippen LogP contribution in [-0.2, 0) is 9.59 Å². The van der Waals surface area contributed by atoms with Gasteiger partial charge in [0.1, 0.15) is 0 Å². The van der Waals surface area contributed by atoms with Crippen LogP contribution in [0.25, 0.3) is 0 Å². The molecular formula is C15H25NO3. The van der Waals surface area contributed by atoms with Gasteiger partial charge in [0.05, 0.1) is 5.41 Å². The number of rotatable bonds is 3. The van der Waals surface area contributed by atoms with Crippen LogP contribution in [0.15, 0.2) is 0 Å². The van der Waals surface area contributed by atoms with Crippen molar-refractivity contribution >= 4 is 11.9 Å². The number of hydrogen-bond acceptors (Lipinski definition) is 2. The number of carboxylic acids is 1. The molecule has 4 heteroatoms. The molecule has 0 spiro atoms. The lowest BCUT2D eigenvalue weighted by Crippen LogP contribution is -2.45. The second kappa shape index (κ2) is 5.51. The Kier molecular flexibility index (Phi) is 4.16. The summed E-state index contributed by atoms with van der Waals surface area (Å²) >= 11 is 0. The maximum absolute atomic E-state index is 12.4. The largest absolute Gasteiger partial charge is 0.481 e. The molecule has 1 heterocycles. The number of hydrogen-bond donors (Lipinski definition) is 1. The third kappa shape index (κ3) is 3.10. The quantitative estimate of drug-likeness (QED) is 0.855. The number of carbonyl (C=O) groups excluding carboxylic acids is 1. The molecule has 19 heavy (non-hydrogen) atoms. The van der Waals surface area contributed by atoms with E-state index in [4.69, 9.17) is 0 Å². The van der Waals surface area contributed by atoms with E-state index in [0.29, 0.717) is 24.7 Å². The van der Waals surface area contributed by atoms with Crippen LogP contribution in [0, 0.1) is 17.3 Å². The fraction of sp³-hybridized carbons (Fsp3) is 0.867. The van der Waals surface area contributed by atoms with E-state index in [1.807, 2.05) is 4.90 Å². The molecule has 0 bridgehead atoms. The van der Waals surface area contributed by atoms with Crippen LogP contribution >= 0.6 is 0 Å². The first-order valence-electron chi connectivity index (χ1n) is 7.44. The standard InChI is InChI=1S/C15H25NO3/c1-11-7-12(2)10-16(9-11)13(17)8-15(14(18)19)5-3-4-6-15/h11-12H,3-10H2,1-2H3,(H,18,19). The van der Waals surface area contributed by atoms with E-state index in [1.54, 1.807) is 0 Å². The van der Waals surface area contributed by atoms with Gasteiger partial charge in [-0.3, -0.25) is 9.59 Å². The Labute approximate surface area is 115 Å². The van der Waals surface area contributed by atoms with Crippen molar-refractivity contribution in [1.29, 1.82) is 0 Å². The second-order valence-electron chi connectivity index (χ2n) is 6.71. The predicted octanol–water partition coefficient (Wildman–Crippen LogP) is 2.53. The van der Waals surface area contributed by atoms with Gasteiger partial charge in [0.2, 0.25) is 5.91 Å². The summed E-state index contributed by atoms with van der Waals surface area (Å²) in [6.45, 7) is 5.91. The first kappa shape index (κ1) is 14.4. The molecule has 2 aliphatic rings. The number of nitrogens with zero attached hydrogens (tertiary/aromatic N) is 1. The lowest BCUT2D eigenvalue weighted by atomic mass is 9.81. The van der Waals surface area contributed by atoms with Crippen molar-refractivity contribution in [2.75, 3.05) is 13.1 Å². The van der Waals surface area contributed by atoms with Crippen molar-refractivity contribution in [3.05, 3.63) is 0 Å². The minimum absolute atomic E-state index is 0.0442. The highest BCUT2D eigenvalue weighted by molar-refractivity contribution is 5.85. The highest BCUT2D eigenvalue weighted by Crippen LogP contribution is 2.42. The number of amides is 1. The summed E-state index contributed by atoms with van der Waals surface area (Å²) in [6, 6.07) is 0. The molecule has 108 valence electrons. The number of aliphatic carboxylic acids is 1. The third-order valence-electron chi connectivity index (χ3n) is 4.73. The lowest BCUT2D eigenvalue weighted by molar-refractivity contribution is -0.154. The summed E-state index contributed by atoms with van der Waals surface area (Å²) in [5.74, 6) is 0.313. The number of likely N-dealkylation sites (tertiary alicyclic amines) is 1. The highest BCUT2D eigenvalue weighted by atomic mass is 16.4. The van der Waals surface area contributed by atoms with E-state index < -0.39 is 11.4 Å². The SMILES string of the molecule is CC1CC(C)CN(C(=O)CC2(C(=O)O)CCCC2)C1. The molecule has 0 aromatic carbocycles. The van der Waals surface area contributed by atoms with Crippen molar-refractivity contribution in [2.24, 2.45) is 17.3 Å². The average molecular weight is 267 g/mol. The van der Waals surface area contributed by atoms with E-state index >= 15 is 0 Å². The Bertz CT molecular complexity index is 350. The molecule has 0 aromatic heterocycles. The van der Waals surface area contributed by atoms with Crippen molar-refractivity contribution in [3.63, 3.8) is 0 Å². The monoisotopic (exact) mass is 267 g/mol. The zero-order chi connectivity index (χ0) is 14.0. The fourth-order valence-corrected chi connectivity index (χ4v) is 3.79. The van der Waals surface area contributed by atoms with Gasteiger partial charge in [-0.15, -0.1) is 0 Å². The average Bonchev–Trinajstić information content (AvgIpc) is 2.77. The predicted molar refractivity (Wildman–Crippen MR) is 72.7 cm³/mol. The van der Waals surface area contributed by atoms with Gasteiger partial charge in [-0.2, -0.15) is 0 Å². The van der Waals surface area contributed by atoms with Gasteiger partial charge in [0, 0.05) is 19.5 Å². The molecule has 1 aliphatic carbocycles. The normalized spacial score (nSPS) is 30.3. The number of carboxylic acid groups (broad SMARTS) is 1. The van der Waals surface area contributed by atoms with Gasteiger partial charge < -0.3 is 10.0 Å². The van der Waals surface area contributed by atoms with Crippen LogP contribution in [0.4, 0.5) is 0 Å². The van der Waals surface area contributed by atoms with Crippen molar-refractivity contribution in [2.45, 2.75) is 52.4 Å². The van der Waals surface area contributed by atoms with Crippen LogP contribution in [0.3, 0.4) is 0 Å². The molecule has 2 fully saturated rings. The van der Waals surface area contributed by atoms with Crippen LogP contribution in [0.1, 0.15) is 52.4 Å². The minimum atomic E-state index is -0.781. The number of carbonyl (C=O) groups is 2. The van der Waals surface area contributed by atoms with Gasteiger partial charge in [-0.1, -0.05) is 26.7 Å². The fourth-order valence-electron chi connectivity index (χ4n) is 3.79. The molecule has 2 atom stereocenters. The van der Waals surface area contributed by atoms with Crippen LogP contribution in [-0.4, -0.2) is 35.0 Å². The summed E-state index contributed by atoms with van der Waals surface area (Å²) in [5, 5.41) is 9.44. The molecule has 2 unspecified atom stereocenters. The summed E-state index contributed by atoms with van der Waals surface area (Å²) in [6.07, 6.45) is 4.55. The Hall–Kier alpha value is -1.06. The molecule has 1 amide bonds. The zero-order valence-electron chi connectivity index (χ0n) is 12.0. The maximum Gasteiger partial charge on any atom is 0.310 e. The van der Waals surface area contributed by atoms with Crippen LogP contribution in [0.5, 0.6) is 0 Å². The molecular weight excluding hydrogens is 242 g/mol. The Morgan fingerprint density at radius 1 is 1.16 bits per heavy atom. The van der Waals surface area contributed by atoms with E-state index in [-0.39, 0.29) is 12.3 Å². The van der Waals surface area contributed by atoms with Crippen LogP contribution < -0.4 is 0 Å². The first-order chi connectivity index (χ1) is 8.93. The first-order valence-corrected chi connectivity index (χ1v) is 7.44. The minimum Gasteiger partial charge on any atom is -0.481 e. The highest BCUT2D eigenvalue weighted by Gasteiger charge is 2.44. The molecule has 0 aromatic rings. The Morgan fingerprint density at radius 2 is 1.68 bits per heavy atom. The molecule has 2 rings (SSSR count). The molecule has 4 nitrogen and oxygen atoms in total. The summed E-state index contributed by atoms with van der Waals surface area (Å²) < 4.78 is 0. The van der Waals surface area contributed by atoms with Gasteiger partial charge in [-0.25, -0.2) is 0 Å². The molecule has 1 N–H and O–H groups in total. The van der Waals surface area contributed by atoms with Crippen molar-refractivity contribution in [1.82, 2.24) is 4.90 Å². The van der Waals surface area contributed by atoms with Gasteiger partial charge in [-0.05, 0) is 31.1 Å². The summed E-state index contributed by atoms with van der Waals surface area (Å²) in [7, 11) is 0. The van der Waals surface area contributed by atoms with E-state index in [2.05, 4.69) is 13.8 Å². The topological polar surface area (TPSA) is 57.6 Å². The van der Waals surface area contributed by atoms with E-state index in [0.717, 1.165) is 32.4 Å². The molecule has 1 saturated carbocycles. The molecule has 1 saturated heterocycles. The van der Waals surface area contributed by atoms with Gasteiger partial charge in [0.25, 0.3) is 0 Å². The van der Waals surface area contributed by atoms with Crippen molar-refractivity contribution in [3.8, 4) is 0 Å². The lowest BCUT2D eigenvalue weighted by Gasteiger charge is -2.36. The van der Waals surface area contributed by atoms with E-state index in [9.17, 15) is 14.7 Å². The Morgan fingerprint density at radius 3 is 2.16 bits per heavy atom. The summed E-state index contributed by atoms with van der Waals surface area (Å²) in [4.78, 5) is 25.8. The van der Waals surface area contributed by atoms with Gasteiger partial charge in [0.15, 0.2) is 0 Å². The maximum atomic E-state index is 12.4. The van der Waals surface area contributed by atoms with E-state index in [1.165, 1.54) is 0 Å². The third-order valence-corrected chi connectivity index (χ3v) is 4.73. The van der Waals surface area contributed by atoms with Crippen molar-refractivity contribution < 1.29 is 14.7 Å². The number of piperidine rings is 1. The summed E-state index contributed by atoms with van der Waals surface area (Å²) in [5.41, 5.74) is -0.777. The zero-order valence-corrected chi connectivity index (χ0v) is 12.0. The smallest absolute Gasteiger partial charge is 0.310 e. The second-order valence-corrected chi connectivity index (χ2v) is 6.71. The Balaban J connectivity index is 2.01. The van der Waals surface area contributed by atoms with Gasteiger partial charge >= 0.3 is 5.97 Å². The molecule has 0 radical (unpaired) electrons.